The highest BCUT2D eigenvalue weighted by Gasteiger charge is 2.16. The smallest absolute Gasteiger partial charge is 0.342 e. The van der Waals surface area contributed by atoms with E-state index in [1.165, 1.54) is 44.6 Å². The van der Waals surface area contributed by atoms with Gasteiger partial charge in [-0.2, -0.15) is 4.98 Å². The standard InChI is InChI=1S/C17H20N4S.C16H18N4O.C15H18N2O/c1-17(2,3)13-7-5-12-10-14(8-6-11(12)9-13)18-15-19-16(22-4)21-20-15;1-16(2,3)12-6-4-11-9-13(7-5-10(11)8-12)17-14-18-15(21)20-19-14;1-15(2,3)12-6-4-11-9-13(17-14(16)18)7-5-10(11)8-12/h5-10H,1-4H3,(H2,18,19,20,21);4-9H,1-3H3,(H3,17,18,19,20,21);4-9H,1-3H3,(H3,16,17,18). The van der Waals surface area contributed by atoms with Gasteiger partial charge in [0.05, 0.1) is 0 Å². The summed E-state index contributed by atoms with van der Waals surface area (Å²) in [4.78, 5) is 28.7. The van der Waals surface area contributed by atoms with Crippen molar-refractivity contribution in [1.29, 1.82) is 0 Å². The van der Waals surface area contributed by atoms with Gasteiger partial charge < -0.3 is 21.7 Å². The molecule has 6 aromatic carbocycles. The fourth-order valence-corrected chi connectivity index (χ4v) is 6.83. The molecule has 0 saturated carbocycles. The minimum absolute atomic E-state index is 0.137. The summed E-state index contributed by atoms with van der Waals surface area (Å²) in [5.41, 5.74) is 11.8. The van der Waals surface area contributed by atoms with Gasteiger partial charge in [-0.3, -0.25) is 4.98 Å². The van der Waals surface area contributed by atoms with E-state index >= 15 is 0 Å². The summed E-state index contributed by atoms with van der Waals surface area (Å²) < 4.78 is 0. The minimum atomic E-state index is -0.541. The van der Waals surface area contributed by atoms with Gasteiger partial charge in [-0.05, 0) is 108 Å². The predicted molar refractivity (Wildman–Crippen MR) is 255 cm³/mol. The van der Waals surface area contributed by atoms with Gasteiger partial charge in [-0.15, -0.1) is 10.2 Å². The molecule has 2 amide bonds. The van der Waals surface area contributed by atoms with Crippen LogP contribution in [0.3, 0.4) is 0 Å². The number of primary amides is 1. The Hall–Kier alpha value is -6.60. The van der Waals surface area contributed by atoms with Gasteiger partial charge in [0.1, 0.15) is 0 Å². The first-order chi connectivity index (χ1) is 28.7. The number of benzene rings is 6. The van der Waals surface area contributed by atoms with Crippen molar-refractivity contribution in [2.75, 3.05) is 22.2 Å². The first kappa shape index (κ1) is 44.0. The Kier molecular flexibility index (Phi) is 12.9. The molecule has 0 unspecified atom stereocenters. The number of thioether (sulfide) groups is 1. The third-order valence-electron chi connectivity index (χ3n) is 10.1. The summed E-state index contributed by atoms with van der Waals surface area (Å²) in [6, 6.07) is 37.2. The summed E-state index contributed by atoms with van der Waals surface area (Å²) in [7, 11) is 0. The van der Waals surface area contributed by atoms with Gasteiger partial charge in [-0.25, -0.2) is 19.8 Å². The lowest BCUT2D eigenvalue weighted by Crippen LogP contribution is -2.19. The molecule has 2 aromatic heterocycles. The van der Waals surface area contributed by atoms with Crippen molar-refractivity contribution in [2.45, 2.75) is 83.7 Å². The number of rotatable bonds is 6. The zero-order chi connectivity index (χ0) is 44.1. The number of carbonyl (C=O) groups is 1. The molecule has 0 aliphatic heterocycles. The van der Waals surface area contributed by atoms with Crippen molar-refractivity contribution in [1.82, 2.24) is 30.4 Å². The van der Waals surface area contributed by atoms with Crippen LogP contribution in [0.1, 0.15) is 79.0 Å². The molecular weight excluding hydrogens is 781 g/mol. The van der Waals surface area contributed by atoms with Crippen LogP contribution in [0.25, 0.3) is 32.3 Å². The van der Waals surface area contributed by atoms with E-state index in [9.17, 15) is 9.59 Å². The van der Waals surface area contributed by atoms with Crippen LogP contribution in [-0.2, 0) is 16.2 Å². The van der Waals surface area contributed by atoms with Crippen LogP contribution in [0.2, 0.25) is 0 Å². The number of nitrogens with one attached hydrogen (secondary N) is 6. The Labute approximate surface area is 360 Å². The number of nitrogens with zero attached hydrogens (tertiary/aromatic N) is 3. The predicted octanol–water partition coefficient (Wildman–Crippen LogP) is 11.6. The van der Waals surface area contributed by atoms with E-state index in [1.807, 2.05) is 36.6 Å². The maximum Gasteiger partial charge on any atom is 0.342 e. The van der Waals surface area contributed by atoms with E-state index < -0.39 is 6.03 Å². The number of aromatic amines is 3. The van der Waals surface area contributed by atoms with Crippen molar-refractivity contribution in [3.63, 3.8) is 0 Å². The highest BCUT2D eigenvalue weighted by atomic mass is 32.2. The monoisotopic (exact) mass is 836 g/mol. The second-order valence-electron chi connectivity index (χ2n) is 18.0. The van der Waals surface area contributed by atoms with Crippen molar-refractivity contribution < 1.29 is 4.79 Å². The first-order valence-electron chi connectivity index (χ1n) is 20.1. The second-order valence-corrected chi connectivity index (χ2v) is 18.8. The molecule has 8 aromatic rings. The SMILES string of the molecule is CC(C)(C)c1ccc2cc(NC(N)=O)ccc2c1.CC(C)(C)c1ccc2cc(Nc3n[nH]c(=O)[nH]3)ccc2c1.CSc1n[nH]c(Nc2ccc3cc(C(C)(C)C)ccc3c2)n1. The number of anilines is 5. The molecular formula is C48H56N10O2S. The van der Waals surface area contributed by atoms with Crippen LogP contribution >= 0.6 is 11.8 Å². The third kappa shape index (κ3) is 11.8. The number of nitrogens with two attached hydrogens (primary N) is 1. The van der Waals surface area contributed by atoms with Crippen LogP contribution in [0.4, 0.5) is 33.8 Å². The van der Waals surface area contributed by atoms with Gasteiger partial charge in [0.2, 0.25) is 17.1 Å². The maximum atomic E-state index is 11.0. The molecule has 0 aliphatic rings. The summed E-state index contributed by atoms with van der Waals surface area (Å²) in [6.07, 6.45) is 1.95. The van der Waals surface area contributed by atoms with Crippen molar-refractivity contribution in [3.05, 3.63) is 136 Å². The number of carbonyl (C=O) groups excluding carboxylic acids is 1. The zero-order valence-corrected chi connectivity index (χ0v) is 37.4. The zero-order valence-electron chi connectivity index (χ0n) is 36.5. The third-order valence-corrected chi connectivity index (χ3v) is 10.6. The van der Waals surface area contributed by atoms with Gasteiger partial charge in [0, 0.05) is 17.1 Å². The molecule has 13 heteroatoms. The highest BCUT2D eigenvalue weighted by molar-refractivity contribution is 7.98. The maximum absolute atomic E-state index is 11.0. The van der Waals surface area contributed by atoms with E-state index in [4.69, 9.17) is 5.73 Å². The number of urea groups is 1. The largest absolute Gasteiger partial charge is 0.351 e. The summed E-state index contributed by atoms with van der Waals surface area (Å²) in [5, 5.41) is 29.8. The average molecular weight is 837 g/mol. The number of H-pyrrole nitrogens is 3. The fourth-order valence-electron chi connectivity index (χ4n) is 6.51. The lowest BCUT2D eigenvalue weighted by molar-refractivity contribution is 0.259. The Balaban J connectivity index is 0.000000154. The molecule has 0 fully saturated rings. The van der Waals surface area contributed by atoms with E-state index in [0.29, 0.717) is 11.9 Å². The molecule has 0 atom stereocenters. The molecule has 0 bridgehead atoms. The summed E-state index contributed by atoms with van der Waals surface area (Å²) in [5.74, 6) is 1.07. The topological polar surface area (TPSA) is 182 Å². The molecule has 12 nitrogen and oxygen atoms in total. The Morgan fingerprint density at radius 3 is 1.31 bits per heavy atom. The van der Waals surface area contributed by atoms with Crippen LogP contribution in [-0.4, -0.2) is 42.6 Å². The van der Waals surface area contributed by atoms with Crippen LogP contribution in [0.5, 0.6) is 0 Å². The number of amides is 2. The number of hydrogen-bond donors (Lipinski definition) is 7. The van der Waals surface area contributed by atoms with Crippen molar-refractivity contribution in [3.8, 4) is 0 Å². The molecule has 61 heavy (non-hydrogen) atoms. The Morgan fingerprint density at radius 1 is 0.541 bits per heavy atom. The second kappa shape index (κ2) is 17.9. The van der Waals surface area contributed by atoms with Gasteiger partial charge in [-0.1, -0.05) is 147 Å². The molecule has 316 valence electrons. The Bertz CT molecular complexity index is 2860. The average Bonchev–Trinajstić information content (AvgIpc) is 3.84. The van der Waals surface area contributed by atoms with Crippen LogP contribution in [0, 0.1) is 0 Å². The van der Waals surface area contributed by atoms with Gasteiger partial charge >= 0.3 is 11.7 Å². The Morgan fingerprint density at radius 2 is 0.934 bits per heavy atom. The quantitative estimate of drug-likeness (QED) is 0.0807. The molecule has 8 N–H and O–H groups in total. The molecule has 2 heterocycles. The first-order valence-corrected chi connectivity index (χ1v) is 21.3. The van der Waals surface area contributed by atoms with Crippen LogP contribution in [0.15, 0.2) is 119 Å². The minimum Gasteiger partial charge on any atom is -0.351 e. The highest BCUT2D eigenvalue weighted by Crippen LogP contribution is 2.31. The normalized spacial score (nSPS) is 11.7. The number of fused-ring (bicyclic) bond motifs is 3. The number of aromatic nitrogens is 6. The number of hydrogen-bond acceptors (Lipinski definition) is 8. The van der Waals surface area contributed by atoms with Gasteiger partial charge in [0.15, 0.2) is 0 Å². The molecule has 0 saturated heterocycles. The molecule has 0 aliphatic carbocycles. The summed E-state index contributed by atoms with van der Waals surface area (Å²) in [6.45, 7) is 19.9. The van der Waals surface area contributed by atoms with Crippen LogP contribution < -0.4 is 27.4 Å². The molecule has 0 radical (unpaired) electrons. The van der Waals surface area contributed by atoms with E-state index in [-0.39, 0.29) is 21.9 Å². The van der Waals surface area contributed by atoms with Gasteiger partial charge in [0.25, 0.3) is 0 Å². The van der Waals surface area contributed by atoms with E-state index in [0.717, 1.165) is 38.4 Å². The van der Waals surface area contributed by atoms with E-state index in [2.05, 4.69) is 187 Å². The van der Waals surface area contributed by atoms with Crippen molar-refractivity contribution >= 4 is 79.1 Å². The summed E-state index contributed by atoms with van der Waals surface area (Å²) >= 11 is 1.51. The van der Waals surface area contributed by atoms with E-state index in [1.54, 1.807) is 0 Å². The fraction of sp³-hybridized carbons (Fsp3) is 0.271. The molecule has 0 spiro atoms. The lowest BCUT2D eigenvalue weighted by Gasteiger charge is -2.19. The van der Waals surface area contributed by atoms with Crippen molar-refractivity contribution in [2.24, 2.45) is 5.73 Å². The molecule has 8 rings (SSSR count). The lowest BCUT2D eigenvalue weighted by atomic mass is 9.86.